The van der Waals surface area contributed by atoms with Crippen LogP contribution in [0.25, 0.3) is 0 Å². The Balaban J connectivity index is 2.09. The highest BCUT2D eigenvalue weighted by atomic mass is 79.9. The smallest absolute Gasteiger partial charge is 0.213 e. The molecule has 0 saturated carbocycles. The third-order valence-electron chi connectivity index (χ3n) is 2.56. The first kappa shape index (κ1) is 13.8. The molecule has 0 radical (unpaired) electrons. The molecule has 0 aliphatic rings. The molecule has 0 aromatic carbocycles. The van der Waals surface area contributed by atoms with Gasteiger partial charge in [-0.05, 0) is 25.1 Å². The minimum atomic E-state index is 0.391. The Morgan fingerprint density at radius 1 is 1.16 bits per heavy atom. The molecular weight excluding hydrogens is 308 g/mol. The molecule has 2 rings (SSSR count). The van der Waals surface area contributed by atoms with E-state index >= 15 is 0 Å². The molecule has 2 aromatic heterocycles. The van der Waals surface area contributed by atoms with E-state index in [2.05, 4.69) is 25.9 Å². The molecule has 0 unspecified atom stereocenters. The van der Waals surface area contributed by atoms with Crippen LogP contribution in [0.5, 0.6) is 11.6 Å². The van der Waals surface area contributed by atoms with Crippen molar-refractivity contribution < 1.29 is 9.47 Å². The van der Waals surface area contributed by atoms with E-state index in [0.29, 0.717) is 17.8 Å². The van der Waals surface area contributed by atoms with Gasteiger partial charge in [-0.15, -0.1) is 0 Å². The fraction of sp³-hybridized carbons (Fsp3) is 0.286. The molecule has 0 atom stereocenters. The lowest BCUT2D eigenvalue weighted by Crippen LogP contribution is -2.02. The highest BCUT2D eigenvalue weighted by molar-refractivity contribution is 9.08. The summed E-state index contributed by atoms with van der Waals surface area (Å²) in [6, 6.07) is 9.46. The third-order valence-corrected chi connectivity index (χ3v) is 3.10. The van der Waals surface area contributed by atoms with Gasteiger partial charge >= 0.3 is 0 Å². The number of pyridine rings is 2. The number of aryl methyl sites for hydroxylation is 1. The number of hydrogen-bond acceptors (Lipinski definition) is 4. The van der Waals surface area contributed by atoms with Crippen LogP contribution in [0.3, 0.4) is 0 Å². The summed E-state index contributed by atoms with van der Waals surface area (Å²) >= 11 is 3.41. The number of methoxy groups -OCH3 is 1. The SMILES string of the molecule is COc1cccc(COc2ccc(C)nc2CBr)n1. The highest BCUT2D eigenvalue weighted by Crippen LogP contribution is 2.20. The van der Waals surface area contributed by atoms with Crippen molar-refractivity contribution in [2.75, 3.05) is 7.11 Å². The fourth-order valence-corrected chi connectivity index (χ4v) is 2.03. The Morgan fingerprint density at radius 2 is 2.00 bits per heavy atom. The summed E-state index contributed by atoms with van der Waals surface area (Å²) in [5.41, 5.74) is 2.68. The quantitative estimate of drug-likeness (QED) is 0.792. The maximum Gasteiger partial charge on any atom is 0.213 e. The van der Waals surface area contributed by atoms with E-state index in [4.69, 9.17) is 9.47 Å². The van der Waals surface area contributed by atoms with Crippen molar-refractivity contribution >= 4 is 15.9 Å². The molecule has 0 spiro atoms. The van der Waals surface area contributed by atoms with Gasteiger partial charge in [0.2, 0.25) is 5.88 Å². The zero-order valence-corrected chi connectivity index (χ0v) is 12.5. The molecule has 0 saturated heterocycles. The van der Waals surface area contributed by atoms with E-state index < -0.39 is 0 Å². The molecular formula is C14H15BrN2O2. The van der Waals surface area contributed by atoms with Gasteiger partial charge in [-0.2, -0.15) is 0 Å². The molecule has 2 aromatic rings. The predicted octanol–water partition coefficient (Wildman–Crippen LogP) is 3.27. The summed E-state index contributed by atoms with van der Waals surface area (Å²) in [7, 11) is 1.60. The average molecular weight is 323 g/mol. The molecule has 2 heterocycles. The van der Waals surface area contributed by atoms with Crippen molar-refractivity contribution in [3.63, 3.8) is 0 Å². The predicted molar refractivity (Wildman–Crippen MR) is 76.7 cm³/mol. The van der Waals surface area contributed by atoms with E-state index in [1.807, 2.05) is 31.2 Å². The van der Waals surface area contributed by atoms with Crippen LogP contribution in [0.2, 0.25) is 0 Å². The van der Waals surface area contributed by atoms with Crippen molar-refractivity contribution in [2.45, 2.75) is 18.9 Å². The second-order valence-corrected chi connectivity index (χ2v) is 4.55. The second-order valence-electron chi connectivity index (χ2n) is 3.99. The molecule has 0 amide bonds. The summed E-state index contributed by atoms with van der Waals surface area (Å²) in [5.74, 6) is 1.36. The summed E-state index contributed by atoms with van der Waals surface area (Å²) in [4.78, 5) is 8.72. The number of alkyl halides is 1. The molecule has 0 N–H and O–H groups in total. The highest BCUT2D eigenvalue weighted by Gasteiger charge is 2.06. The zero-order chi connectivity index (χ0) is 13.7. The van der Waals surface area contributed by atoms with Crippen molar-refractivity contribution in [1.29, 1.82) is 0 Å². The van der Waals surface area contributed by atoms with E-state index in [1.54, 1.807) is 13.2 Å². The van der Waals surface area contributed by atoms with Gasteiger partial charge in [0, 0.05) is 17.1 Å². The van der Waals surface area contributed by atoms with Gasteiger partial charge in [0.25, 0.3) is 0 Å². The number of rotatable bonds is 5. The summed E-state index contributed by atoms with van der Waals surface area (Å²) in [5, 5.41) is 0.662. The van der Waals surface area contributed by atoms with Crippen molar-refractivity contribution in [3.8, 4) is 11.6 Å². The number of aromatic nitrogens is 2. The van der Waals surface area contributed by atoms with Gasteiger partial charge in [0.1, 0.15) is 12.4 Å². The Morgan fingerprint density at radius 3 is 2.74 bits per heavy atom. The van der Waals surface area contributed by atoms with E-state index in [1.165, 1.54) is 0 Å². The normalized spacial score (nSPS) is 10.3. The fourth-order valence-electron chi connectivity index (χ4n) is 1.63. The van der Waals surface area contributed by atoms with Crippen LogP contribution in [0.15, 0.2) is 30.3 Å². The maximum atomic E-state index is 5.76. The van der Waals surface area contributed by atoms with Gasteiger partial charge in [-0.25, -0.2) is 4.98 Å². The third kappa shape index (κ3) is 3.67. The van der Waals surface area contributed by atoms with Gasteiger partial charge in [-0.3, -0.25) is 4.98 Å². The summed E-state index contributed by atoms with van der Waals surface area (Å²) in [6.45, 7) is 2.35. The Hall–Kier alpha value is -1.62. The van der Waals surface area contributed by atoms with Gasteiger partial charge in [0.05, 0.1) is 18.5 Å². The Bertz CT molecular complexity index is 561. The standard InChI is InChI=1S/C14H15BrN2O2/c1-10-6-7-13(12(8-15)16-10)19-9-11-4-3-5-14(17-11)18-2/h3-7H,8-9H2,1-2H3. The van der Waals surface area contributed by atoms with Crippen LogP contribution in [-0.4, -0.2) is 17.1 Å². The number of hydrogen-bond donors (Lipinski definition) is 0. The molecule has 5 heteroatoms. The van der Waals surface area contributed by atoms with Crippen LogP contribution in [0.4, 0.5) is 0 Å². The molecule has 0 fully saturated rings. The van der Waals surface area contributed by atoms with Gasteiger partial charge in [0.15, 0.2) is 0 Å². The van der Waals surface area contributed by atoms with Gasteiger partial charge in [-0.1, -0.05) is 22.0 Å². The summed E-state index contributed by atoms with van der Waals surface area (Å²) in [6.07, 6.45) is 0. The van der Waals surface area contributed by atoms with Crippen LogP contribution in [0, 0.1) is 6.92 Å². The molecule has 0 aliphatic heterocycles. The minimum absolute atomic E-state index is 0.391. The summed E-state index contributed by atoms with van der Waals surface area (Å²) < 4.78 is 10.8. The monoisotopic (exact) mass is 322 g/mol. The van der Waals surface area contributed by atoms with Crippen molar-refractivity contribution in [1.82, 2.24) is 9.97 Å². The van der Waals surface area contributed by atoms with Gasteiger partial charge < -0.3 is 9.47 Å². The van der Waals surface area contributed by atoms with Crippen LogP contribution in [0.1, 0.15) is 17.1 Å². The molecule has 4 nitrogen and oxygen atoms in total. The zero-order valence-electron chi connectivity index (χ0n) is 10.9. The average Bonchev–Trinajstić information content (AvgIpc) is 2.46. The molecule has 19 heavy (non-hydrogen) atoms. The maximum absolute atomic E-state index is 5.76. The lowest BCUT2D eigenvalue weighted by molar-refractivity contribution is 0.294. The Kier molecular flexibility index (Phi) is 4.74. The molecule has 100 valence electrons. The number of nitrogens with zero attached hydrogens (tertiary/aromatic N) is 2. The minimum Gasteiger partial charge on any atom is -0.485 e. The van der Waals surface area contributed by atoms with E-state index in [9.17, 15) is 0 Å². The topological polar surface area (TPSA) is 44.2 Å². The second kappa shape index (κ2) is 6.52. The molecule has 0 aliphatic carbocycles. The number of ether oxygens (including phenoxy) is 2. The lowest BCUT2D eigenvalue weighted by Gasteiger charge is -2.10. The van der Waals surface area contributed by atoms with Crippen molar-refractivity contribution in [2.24, 2.45) is 0 Å². The first-order valence-electron chi connectivity index (χ1n) is 5.88. The van der Waals surface area contributed by atoms with Crippen molar-refractivity contribution in [3.05, 3.63) is 47.4 Å². The number of halogens is 1. The first-order chi connectivity index (χ1) is 9.22. The van der Waals surface area contributed by atoms with E-state index in [0.717, 1.165) is 22.8 Å². The van der Waals surface area contributed by atoms with Crippen LogP contribution < -0.4 is 9.47 Å². The van der Waals surface area contributed by atoms with E-state index in [-0.39, 0.29) is 0 Å². The van der Waals surface area contributed by atoms with Crippen LogP contribution in [-0.2, 0) is 11.9 Å². The largest absolute Gasteiger partial charge is 0.485 e. The van der Waals surface area contributed by atoms with Crippen LogP contribution >= 0.6 is 15.9 Å². The molecule has 0 bridgehead atoms. The first-order valence-corrected chi connectivity index (χ1v) is 7.00. The lowest BCUT2D eigenvalue weighted by atomic mass is 10.3. The Labute approximate surface area is 120 Å².